The van der Waals surface area contributed by atoms with Gasteiger partial charge in [-0.2, -0.15) is 0 Å². The SMILES string of the molecule is C=C1CC(COc2ccc(C(=O)O)cc2)OC1=O.C=C1CC(COc2ccc(C(=O)Oc3ccc(/C=C/C(=O)OC)cc3)cc2)OC1=O.COC(=O)/C=C/c1ccc(O)cc1. The molecule has 2 saturated heterocycles. The molecule has 0 aliphatic carbocycles. The summed E-state index contributed by atoms with van der Waals surface area (Å²) in [5.41, 5.74) is 3.04. The number of carboxylic acids is 1. The Morgan fingerprint density at radius 1 is 0.623 bits per heavy atom. The summed E-state index contributed by atoms with van der Waals surface area (Å²) < 4.78 is 35.4. The molecule has 4 aromatic carbocycles. The van der Waals surface area contributed by atoms with Crippen LogP contribution in [0.2, 0.25) is 0 Å². The van der Waals surface area contributed by atoms with Gasteiger partial charge in [0.15, 0.2) is 0 Å². The summed E-state index contributed by atoms with van der Waals surface area (Å²) in [6, 6.07) is 25.7. The number of methoxy groups -OCH3 is 2. The van der Waals surface area contributed by atoms with Crippen LogP contribution in [0.15, 0.2) is 134 Å². The Morgan fingerprint density at radius 3 is 1.39 bits per heavy atom. The standard InChI is InChI=1S/C23H20O7.C13H12O5.C10H10O3/c1-15-13-20(30-22(15)25)14-28-18-10-6-17(7-11-18)23(26)29-19-8-3-16(4-9-19)5-12-21(24)27-2;1-8-6-11(18-13(8)16)7-17-10-4-2-9(3-5-10)12(14)15;1-13-10(12)7-4-8-2-5-9(11)6-3-8/h3-12,20H,1,13-14H2,2H3;2-5,11H,1,6-7H2,(H,14,15);2-7,11H,1H3/b12-5+;;7-4+. The second-order valence-corrected chi connectivity index (χ2v) is 12.9. The molecule has 0 aromatic heterocycles. The number of ether oxygens (including phenoxy) is 7. The van der Waals surface area contributed by atoms with Crippen molar-refractivity contribution in [1.82, 2.24) is 0 Å². The predicted molar refractivity (Wildman–Crippen MR) is 220 cm³/mol. The van der Waals surface area contributed by atoms with Crippen LogP contribution in [-0.4, -0.2) is 85.7 Å². The third kappa shape index (κ3) is 15.4. The average Bonchev–Trinajstić information content (AvgIpc) is 3.78. The first-order chi connectivity index (χ1) is 29.2. The van der Waals surface area contributed by atoms with Gasteiger partial charge in [-0.25, -0.2) is 28.8 Å². The monoisotopic (exact) mass is 834 g/mol. The first-order valence-electron chi connectivity index (χ1n) is 18.3. The molecule has 2 unspecified atom stereocenters. The van der Waals surface area contributed by atoms with Crippen LogP contribution in [0.1, 0.15) is 44.7 Å². The molecular weight excluding hydrogens is 792 g/mol. The first-order valence-corrected chi connectivity index (χ1v) is 18.3. The Kier molecular flexibility index (Phi) is 17.1. The van der Waals surface area contributed by atoms with Gasteiger partial charge >= 0.3 is 35.8 Å². The number of aromatic hydroxyl groups is 1. The van der Waals surface area contributed by atoms with Crippen molar-refractivity contribution in [2.75, 3.05) is 27.4 Å². The van der Waals surface area contributed by atoms with Gasteiger partial charge in [0.25, 0.3) is 0 Å². The van der Waals surface area contributed by atoms with E-state index in [1.165, 1.54) is 38.5 Å². The molecule has 0 saturated carbocycles. The van der Waals surface area contributed by atoms with Crippen LogP contribution < -0.4 is 14.2 Å². The highest BCUT2D eigenvalue weighted by atomic mass is 16.6. The lowest BCUT2D eigenvalue weighted by Gasteiger charge is -2.11. The third-order valence-electron chi connectivity index (χ3n) is 8.35. The summed E-state index contributed by atoms with van der Waals surface area (Å²) in [5.74, 6) is -1.47. The fourth-order valence-electron chi connectivity index (χ4n) is 5.08. The van der Waals surface area contributed by atoms with Crippen LogP contribution in [0.3, 0.4) is 0 Å². The molecule has 2 aliphatic rings. The van der Waals surface area contributed by atoms with Gasteiger partial charge in [-0.1, -0.05) is 37.4 Å². The predicted octanol–water partition coefficient (Wildman–Crippen LogP) is 6.56. The smallest absolute Gasteiger partial charge is 0.343 e. The summed E-state index contributed by atoms with van der Waals surface area (Å²) in [6.07, 6.45) is 6.09. The zero-order chi connectivity index (χ0) is 44.3. The van der Waals surface area contributed by atoms with Crippen molar-refractivity contribution in [1.29, 1.82) is 0 Å². The number of phenols is 1. The fraction of sp³-hybridized carbons (Fsp3) is 0.174. The van der Waals surface area contributed by atoms with Crippen LogP contribution in [0.4, 0.5) is 0 Å². The zero-order valence-electron chi connectivity index (χ0n) is 33.1. The van der Waals surface area contributed by atoms with Crippen LogP contribution in [0.5, 0.6) is 23.0 Å². The molecule has 0 radical (unpaired) electrons. The molecule has 0 bridgehead atoms. The lowest BCUT2D eigenvalue weighted by Crippen LogP contribution is -2.17. The van der Waals surface area contributed by atoms with E-state index in [2.05, 4.69) is 22.6 Å². The highest BCUT2D eigenvalue weighted by Gasteiger charge is 2.28. The van der Waals surface area contributed by atoms with Crippen LogP contribution in [0, 0.1) is 0 Å². The number of hydrogen-bond donors (Lipinski definition) is 2. The Labute approximate surface area is 350 Å². The number of esters is 5. The van der Waals surface area contributed by atoms with E-state index in [0.717, 1.165) is 11.1 Å². The minimum Gasteiger partial charge on any atom is -0.508 e. The van der Waals surface area contributed by atoms with E-state index < -0.39 is 29.8 Å². The molecule has 2 fully saturated rings. The summed E-state index contributed by atoms with van der Waals surface area (Å²) >= 11 is 0. The molecule has 2 atom stereocenters. The van der Waals surface area contributed by atoms with Crippen LogP contribution >= 0.6 is 0 Å². The van der Waals surface area contributed by atoms with Crippen molar-refractivity contribution in [2.24, 2.45) is 0 Å². The zero-order valence-corrected chi connectivity index (χ0v) is 33.1. The van der Waals surface area contributed by atoms with Crippen molar-refractivity contribution in [2.45, 2.75) is 25.0 Å². The topological polar surface area (TPSA) is 207 Å². The van der Waals surface area contributed by atoms with Gasteiger partial charge in [-0.05, 0) is 96.1 Å². The van der Waals surface area contributed by atoms with Gasteiger partial charge in [-0.3, -0.25) is 0 Å². The first kappa shape index (κ1) is 45.8. The number of rotatable bonds is 13. The van der Waals surface area contributed by atoms with E-state index in [1.54, 1.807) is 97.1 Å². The lowest BCUT2D eigenvalue weighted by molar-refractivity contribution is -0.140. The summed E-state index contributed by atoms with van der Waals surface area (Å²) in [6.45, 7) is 7.65. The second kappa shape index (κ2) is 22.9. The Bertz CT molecular complexity index is 2220. The van der Waals surface area contributed by atoms with E-state index in [1.807, 2.05) is 0 Å². The van der Waals surface area contributed by atoms with Crippen molar-refractivity contribution < 1.29 is 72.1 Å². The van der Waals surface area contributed by atoms with Gasteiger partial charge in [0.2, 0.25) is 0 Å². The number of phenolic OH excluding ortho intramolecular Hbond substituents is 1. The Balaban J connectivity index is 0.000000223. The molecule has 316 valence electrons. The quantitative estimate of drug-likeness (QED) is 0.0633. The van der Waals surface area contributed by atoms with E-state index in [9.17, 15) is 28.8 Å². The second-order valence-electron chi connectivity index (χ2n) is 12.9. The maximum atomic E-state index is 12.3. The molecule has 0 spiro atoms. The van der Waals surface area contributed by atoms with Gasteiger partial charge in [0.1, 0.15) is 48.4 Å². The molecule has 2 heterocycles. The van der Waals surface area contributed by atoms with Gasteiger partial charge in [0, 0.05) is 36.1 Å². The molecule has 15 nitrogen and oxygen atoms in total. The minimum atomic E-state index is -0.984. The fourth-order valence-corrected chi connectivity index (χ4v) is 5.08. The maximum absolute atomic E-state index is 12.3. The van der Waals surface area contributed by atoms with E-state index in [4.69, 9.17) is 33.9 Å². The highest BCUT2D eigenvalue weighted by Crippen LogP contribution is 2.23. The van der Waals surface area contributed by atoms with Crippen molar-refractivity contribution in [3.05, 3.63) is 156 Å². The number of carbonyl (C=O) groups excluding carboxylic acids is 5. The highest BCUT2D eigenvalue weighted by molar-refractivity contribution is 5.92. The number of aromatic carboxylic acids is 1. The van der Waals surface area contributed by atoms with Gasteiger partial charge in [0.05, 0.1) is 25.3 Å². The summed E-state index contributed by atoms with van der Waals surface area (Å²) in [7, 11) is 2.63. The van der Waals surface area contributed by atoms with Crippen LogP contribution in [-0.2, 0) is 38.1 Å². The number of carboxylic acid groups (broad SMARTS) is 1. The molecule has 6 rings (SSSR count). The van der Waals surface area contributed by atoms with E-state index in [0.29, 0.717) is 46.8 Å². The normalized spacial score (nSPS) is 15.4. The van der Waals surface area contributed by atoms with E-state index in [-0.39, 0.29) is 42.7 Å². The van der Waals surface area contributed by atoms with Gasteiger partial charge in [-0.15, -0.1) is 0 Å². The summed E-state index contributed by atoms with van der Waals surface area (Å²) in [5, 5.41) is 17.7. The molecule has 2 N–H and O–H groups in total. The molecule has 61 heavy (non-hydrogen) atoms. The average molecular weight is 835 g/mol. The molecule has 15 heteroatoms. The van der Waals surface area contributed by atoms with Crippen LogP contribution in [0.25, 0.3) is 12.2 Å². The van der Waals surface area contributed by atoms with Crippen molar-refractivity contribution in [3.63, 3.8) is 0 Å². The maximum Gasteiger partial charge on any atom is 0.343 e. The molecular formula is C46H42O15. The van der Waals surface area contributed by atoms with E-state index >= 15 is 0 Å². The molecule has 4 aromatic rings. The van der Waals surface area contributed by atoms with Crippen molar-refractivity contribution >= 4 is 48.0 Å². The number of benzene rings is 4. The number of hydrogen-bond acceptors (Lipinski definition) is 14. The van der Waals surface area contributed by atoms with Crippen molar-refractivity contribution in [3.8, 4) is 23.0 Å². The lowest BCUT2D eigenvalue weighted by atomic mass is 10.2. The molecule has 0 amide bonds. The summed E-state index contributed by atoms with van der Waals surface area (Å²) in [4.78, 5) is 67.1. The number of cyclic esters (lactones) is 2. The minimum absolute atomic E-state index is 0.197. The molecule has 2 aliphatic heterocycles. The van der Waals surface area contributed by atoms with Gasteiger partial charge < -0.3 is 43.4 Å². The largest absolute Gasteiger partial charge is 0.508 e. The third-order valence-corrected chi connectivity index (χ3v) is 8.35. The Hall–Kier alpha value is -7.94. The number of carbonyl (C=O) groups is 6. The Morgan fingerprint density at radius 2 is 1.02 bits per heavy atom.